The molecule has 0 aliphatic heterocycles. The average Bonchev–Trinajstić information content (AvgIpc) is 3.55. The van der Waals surface area contributed by atoms with Gasteiger partial charge in [0.05, 0.1) is 5.69 Å². The number of nitrogens with zero attached hydrogens (tertiary/aromatic N) is 3. The zero-order valence-corrected chi connectivity index (χ0v) is 18.6. The zero-order valence-electron chi connectivity index (χ0n) is 18.6. The summed E-state index contributed by atoms with van der Waals surface area (Å²) in [6.45, 7) is 0. The van der Waals surface area contributed by atoms with E-state index >= 15 is 0 Å². The van der Waals surface area contributed by atoms with Crippen LogP contribution in [0.2, 0.25) is 0 Å². The molecule has 4 aromatic carbocycles. The summed E-state index contributed by atoms with van der Waals surface area (Å²) in [6.07, 6.45) is 3.10. The molecule has 0 spiro atoms. The quantitative estimate of drug-likeness (QED) is 0.301. The Kier molecular flexibility index (Phi) is 5.16. The Morgan fingerprint density at radius 1 is 0.800 bits per heavy atom. The predicted molar refractivity (Wildman–Crippen MR) is 138 cm³/mol. The summed E-state index contributed by atoms with van der Waals surface area (Å²) >= 11 is 0. The maximum Gasteiger partial charge on any atom is 0.248 e. The number of benzene rings is 4. The number of carbonyl (C=O) groups is 1. The first kappa shape index (κ1) is 20.6. The van der Waals surface area contributed by atoms with Crippen molar-refractivity contribution in [1.82, 2.24) is 15.0 Å². The van der Waals surface area contributed by atoms with Gasteiger partial charge in [-0.2, -0.15) is 0 Å². The number of aromatic nitrogens is 3. The monoisotopic (exact) mass is 456 g/mol. The van der Waals surface area contributed by atoms with Crippen LogP contribution in [0.15, 0.2) is 114 Å². The van der Waals surface area contributed by atoms with Crippen LogP contribution >= 0.6 is 0 Å². The molecule has 2 heterocycles. The molecule has 1 N–H and O–H groups in total. The second-order valence-corrected chi connectivity index (χ2v) is 8.08. The predicted octanol–water partition coefficient (Wildman–Crippen LogP) is 6.49. The lowest BCUT2D eigenvalue weighted by Gasteiger charge is -2.04. The third kappa shape index (κ3) is 4.20. The van der Waals surface area contributed by atoms with Crippen LogP contribution in [0.5, 0.6) is 0 Å². The van der Waals surface area contributed by atoms with Crippen LogP contribution in [-0.4, -0.2) is 20.9 Å². The van der Waals surface area contributed by atoms with E-state index in [1.807, 2.05) is 84.9 Å². The second-order valence-electron chi connectivity index (χ2n) is 8.08. The van der Waals surface area contributed by atoms with Crippen LogP contribution in [0, 0.1) is 0 Å². The molecule has 6 nitrogen and oxygen atoms in total. The molecule has 0 aliphatic carbocycles. The molecule has 0 radical (unpaired) electrons. The maximum atomic E-state index is 12.5. The standard InChI is InChI=1S/C29H20N4O2/c34-29(18-15-23-14-17-28(35-23)21-8-2-1-3-9-21)30-22-13-16-25-26(19-22)32-33(31-25)27-12-6-10-20-7-4-5-11-24(20)27/h1-19H,(H,30,34)/b18-15+. The molecular weight excluding hydrogens is 436 g/mol. The number of furan rings is 1. The van der Waals surface area contributed by atoms with Crippen molar-refractivity contribution < 1.29 is 9.21 Å². The molecule has 0 saturated carbocycles. The number of rotatable bonds is 5. The normalized spacial score (nSPS) is 11.4. The van der Waals surface area contributed by atoms with Crippen molar-refractivity contribution in [1.29, 1.82) is 0 Å². The van der Waals surface area contributed by atoms with E-state index in [0.29, 0.717) is 17.0 Å². The Hall–Kier alpha value is -4.97. The van der Waals surface area contributed by atoms with Gasteiger partial charge in [-0.3, -0.25) is 4.79 Å². The van der Waals surface area contributed by atoms with Crippen molar-refractivity contribution in [3.63, 3.8) is 0 Å². The van der Waals surface area contributed by atoms with Crippen molar-refractivity contribution in [2.45, 2.75) is 0 Å². The molecule has 6 aromatic rings. The van der Waals surface area contributed by atoms with Crippen molar-refractivity contribution >= 4 is 39.5 Å². The highest BCUT2D eigenvalue weighted by Gasteiger charge is 2.09. The van der Waals surface area contributed by atoms with Gasteiger partial charge in [0.25, 0.3) is 0 Å². The largest absolute Gasteiger partial charge is 0.457 e. The molecule has 0 saturated heterocycles. The molecule has 2 aromatic heterocycles. The van der Waals surface area contributed by atoms with E-state index in [4.69, 9.17) is 4.42 Å². The molecule has 0 aliphatic rings. The number of nitrogens with one attached hydrogen (secondary N) is 1. The van der Waals surface area contributed by atoms with E-state index in [1.54, 1.807) is 10.9 Å². The molecule has 0 fully saturated rings. The second kappa shape index (κ2) is 8.76. The van der Waals surface area contributed by atoms with Gasteiger partial charge in [0, 0.05) is 22.7 Å². The summed E-state index contributed by atoms with van der Waals surface area (Å²) < 4.78 is 5.82. The number of hydrogen-bond donors (Lipinski definition) is 1. The van der Waals surface area contributed by atoms with Gasteiger partial charge in [-0.15, -0.1) is 15.0 Å². The van der Waals surface area contributed by atoms with Crippen LogP contribution in [-0.2, 0) is 4.79 Å². The first-order chi connectivity index (χ1) is 17.2. The Bertz CT molecular complexity index is 1690. The van der Waals surface area contributed by atoms with Crippen LogP contribution in [0.25, 0.3) is 44.9 Å². The number of anilines is 1. The number of carbonyl (C=O) groups excluding carboxylic acids is 1. The van der Waals surface area contributed by atoms with E-state index in [0.717, 1.165) is 33.3 Å². The van der Waals surface area contributed by atoms with E-state index < -0.39 is 0 Å². The topological polar surface area (TPSA) is 73.0 Å². The average molecular weight is 457 g/mol. The van der Waals surface area contributed by atoms with Gasteiger partial charge in [0.1, 0.15) is 22.6 Å². The Labute approximate surface area is 201 Å². The Morgan fingerprint density at radius 3 is 2.51 bits per heavy atom. The fraction of sp³-hybridized carbons (Fsp3) is 0. The summed E-state index contributed by atoms with van der Waals surface area (Å²) in [6, 6.07) is 33.2. The minimum absolute atomic E-state index is 0.261. The van der Waals surface area contributed by atoms with Gasteiger partial charge in [-0.1, -0.05) is 66.7 Å². The van der Waals surface area contributed by atoms with E-state index in [1.165, 1.54) is 6.08 Å². The first-order valence-electron chi connectivity index (χ1n) is 11.2. The Balaban J connectivity index is 1.20. The highest BCUT2D eigenvalue weighted by Crippen LogP contribution is 2.24. The van der Waals surface area contributed by atoms with Gasteiger partial charge in [-0.25, -0.2) is 0 Å². The van der Waals surface area contributed by atoms with Crippen LogP contribution in [0.1, 0.15) is 5.76 Å². The minimum Gasteiger partial charge on any atom is -0.457 e. The number of fused-ring (bicyclic) bond motifs is 2. The fourth-order valence-electron chi connectivity index (χ4n) is 4.02. The third-order valence-electron chi connectivity index (χ3n) is 5.71. The molecule has 6 rings (SSSR count). The van der Waals surface area contributed by atoms with Gasteiger partial charge in [-0.05, 0) is 47.9 Å². The number of amides is 1. The first-order valence-corrected chi connectivity index (χ1v) is 11.2. The SMILES string of the molecule is O=C(/C=C/c1ccc(-c2ccccc2)o1)Nc1ccc2nn(-c3cccc4ccccc34)nc2c1. The van der Waals surface area contributed by atoms with Crippen molar-refractivity contribution in [3.05, 3.63) is 115 Å². The summed E-state index contributed by atoms with van der Waals surface area (Å²) in [7, 11) is 0. The lowest BCUT2D eigenvalue weighted by molar-refractivity contribution is -0.111. The molecule has 0 bridgehead atoms. The van der Waals surface area contributed by atoms with Gasteiger partial charge < -0.3 is 9.73 Å². The number of hydrogen-bond acceptors (Lipinski definition) is 4. The summed E-state index contributed by atoms with van der Waals surface area (Å²) in [5.41, 5.74) is 3.97. The lowest BCUT2D eigenvalue weighted by atomic mass is 10.1. The summed E-state index contributed by atoms with van der Waals surface area (Å²) in [5, 5.41) is 14.3. The Morgan fingerprint density at radius 2 is 1.60 bits per heavy atom. The van der Waals surface area contributed by atoms with E-state index in [9.17, 15) is 4.79 Å². The van der Waals surface area contributed by atoms with Gasteiger partial charge in [0.15, 0.2) is 0 Å². The van der Waals surface area contributed by atoms with Gasteiger partial charge in [0.2, 0.25) is 5.91 Å². The third-order valence-corrected chi connectivity index (χ3v) is 5.71. The molecule has 35 heavy (non-hydrogen) atoms. The molecular formula is C29H20N4O2. The molecule has 6 heteroatoms. The zero-order chi connectivity index (χ0) is 23.6. The smallest absolute Gasteiger partial charge is 0.248 e. The van der Waals surface area contributed by atoms with Gasteiger partial charge >= 0.3 is 0 Å². The van der Waals surface area contributed by atoms with Crippen LogP contribution in [0.4, 0.5) is 5.69 Å². The molecule has 168 valence electrons. The fourth-order valence-corrected chi connectivity index (χ4v) is 4.02. The lowest BCUT2D eigenvalue weighted by Crippen LogP contribution is -2.07. The minimum atomic E-state index is -0.261. The highest BCUT2D eigenvalue weighted by atomic mass is 16.3. The molecule has 0 atom stereocenters. The van der Waals surface area contributed by atoms with Crippen LogP contribution in [0.3, 0.4) is 0 Å². The maximum absolute atomic E-state index is 12.5. The highest BCUT2D eigenvalue weighted by molar-refractivity contribution is 6.02. The van der Waals surface area contributed by atoms with Crippen LogP contribution < -0.4 is 5.32 Å². The summed E-state index contributed by atoms with van der Waals surface area (Å²) in [5.74, 6) is 1.10. The van der Waals surface area contributed by atoms with Crippen molar-refractivity contribution in [3.8, 4) is 17.0 Å². The van der Waals surface area contributed by atoms with E-state index in [2.05, 4.69) is 33.7 Å². The molecule has 1 amide bonds. The summed E-state index contributed by atoms with van der Waals surface area (Å²) in [4.78, 5) is 14.1. The van der Waals surface area contributed by atoms with Crippen molar-refractivity contribution in [2.24, 2.45) is 0 Å². The van der Waals surface area contributed by atoms with Crippen molar-refractivity contribution in [2.75, 3.05) is 5.32 Å². The molecule has 0 unspecified atom stereocenters. The van der Waals surface area contributed by atoms with E-state index in [-0.39, 0.29) is 5.91 Å².